The molecule has 0 aliphatic carbocycles. The molecule has 1 saturated heterocycles. The van der Waals surface area contributed by atoms with Gasteiger partial charge in [0, 0.05) is 20.1 Å². The van der Waals surface area contributed by atoms with E-state index in [9.17, 15) is 0 Å². The third-order valence-electron chi connectivity index (χ3n) is 4.62. The maximum atomic E-state index is 6.28. The first-order valence-electron chi connectivity index (χ1n) is 8.31. The summed E-state index contributed by atoms with van der Waals surface area (Å²) in [6.07, 6.45) is 6.04. The van der Waals surface area contributed by atoms with Gasteiger partial charge in [-0.3, -0.25) is 4.57 Å². The van der Waals surface area contributed by atoms with Crippen LogP contribution >= 0.6 is 0 Å². The molecule has 3 rings (SSSR count). The topological polar surface area (TPSA) is 97.3 Å². The van der Waals surface area contributed by atoms with Crippen molar-refractivity contribution in [2.75, 3.05) is 26.6 Å². The molecule has 1 aliphatic heterocycles. The monoisotopic (exact) mass is 335 g/mol. The molecule has 0 aromatic carbocycles. The molecule has 0 saturated carbocycles. The number of fused-ring (bicyclic) bond motifs is 1. The summed E-state index contributed by atoms with van der Waals surface area (Å²) < 4.78 is 19.3. The number of nitrogens with zero attached hydrogens (tertiary/aromatic N) is 4. The minimum absolute atomic E-state index is 0.0295. The lowest BCUT2D eigenvalue weighted by atomic mass is 9.93. The lowest BCUT2D eigenvalue weighted by Gasteiger charge is -2.23. The van der Waals surface area contributed by atoms with Gasteiger partial charge >= 0.3 is 0 Å². The first-order chi connectivity index (χ1) is 11.7. The van der Waals surface area contributed by atoms with Crippen LogP contribution in [0, 0.1) is 5.92 Å². The smallest absolute Gasteiger partial charge is 0.167 e. The van der Waals surface area contributed by atoms with Gasteiger partial charge < -0.3 is 19.9 Å². The third kappa shape index (κ3) is 2.97. The van der Waals surface area contributed by atoms with Crippen LogP contribution in [-0.2, 0) is 14.2 Å². The Morgan fingerprint density at radius 3 is 2.83 bits per heavy atom. The Morgan fingerprint density at radius 1 is 1.29 bits per heavy atom. The van der Waals surface area contributed by atoms with Crippen molar-refractivity contribution in [3.63, 3.8) is 0 Å². The predicted molar refractivity (Wildman–Crippen MR) is 89.3 cm³/mol. The summed E-state index contributed by atoms with van der Waals surface area (Å²) in [5, 5.41) is 0. The molecule has 0 bridgehead atoms. The highest BCUT2D eigenvalue weighted by atomic mass is 16.6. The average Bonchev–Trinajstić information content (AvgIpc) is 3.15. The SMILES string of the molecule is CCCC[C@H]1C(OC)[C@@H](COC)O[C@H]1n1cnc2c(N)ncnc21. The molecule has 0 radical (unpaired) electrons. The zero-order valence-electron chi connectivity index (χ0n) is 14.4. The molecule has 3 heterocycles. The average molecular weight is 335 g/mol. The minimum Gasteiger partial charge on any atom is -0.382 e. The fourth-order valence-electron chi connectivity index (χ4n) is 3.50. The van der Waals surface area contributed by atoms with Gasteiger partial charge in [0.1, 0.15) is 24.2 Å². The predicted octanol–water partition coefficient (Wildman–Crippen LogP) is 1.77. The van der Waals surface area contributed by atoms with Crippen LogP contribution in [0.1, 0.15) is 32.4 Å². The second kappa shape index (κ2) is 7.42. The van der Waals surface area contributed by atoms with Crippen LogP contribution in [0.3, 0.4) is 0 Å². The maximum absolute atomic E-state index is 6.28. The zero-order chi connectivity index (χ0) is 17.1. The Bertz CT molecular complexity index is 677. The molecule has 8 nitrogen and oxygen atoms in total. The van der Waals surface area contributed by atoms with Crippen LogP contribution in [0.25, 0.3) is 11.2 Å². The number of rotatable bonds is 7. The highest BCUT2D eigenvalue weighted by molar-refractivity contribution is 5.81. The molecule has 2 aromatic heterocycles. The number of hydrogen-bond acceptors (Lipinski definition) is 7. The number of nitrogen functional groups attached to an aromatic ring is 1. The van der Waals surface area contributed by atoms with E-state index in [0.717, 1.165) is 19.3 Å². The normalized spacial score (nSPS) is 27.1. The van der Waals surface area contributed by atoms with Crippen molar-refractivity contribution in [3.8, 4) is 0 Å². The van der Waals surface area contributed by atoms with Crippen LogP contribution in [0.15, 0.2) is 12.7 Å². The molecule has 8 heteroatoms. The molecule has 0 spiro atoms. The van der Waals surface area contributed by atoms with Crippen molar-refractivity contribution in [2.24, 2.45) is 5.92 Å². The number of anilines is 1. The van der Waals surface area contributed by atoms with Crippen molar-refractivity contribution in [3.05, 3.63) is 12.7 Å². The van der Waals surface area contributed by atoms with E-state index in [4.69, 9.17) is 19.9 Å². The lowest BCUT2D eigenvalue weighted by molar-refractivity contribution is -0.0601. The molecule has 1 fully saturated rings. The van der Waals surface area contributed by atoms with E-state index < -0.39 is 0 Å². The molecule has 132 valence electrons. The summed E-state index contributed by atoms with van der Waals surface area (Å²) in [5.74, 6) is 0.572. The van der Waals surface area contributed by atoms with Crippen molar-refractivity contribution < 1.29 is 14.2 Å². The summed E-state index contributed by atoms with van der Waals surface area (Å²) >= 11 is 0. The van der Waals surface area contributed by atoms with E-state index in [1.807, 2.05) is 4.57 Å². The quantitative estimate of drug-likeness (QED) is 0.823. The van der Waals surface area contributed by atoms with E-state index >= 15 is 0 Å². The largest absolute Gasteiger partial charge is 0.382 e. The van der Waals surface area contributed by atoms with Crippen molar-refractivity contribution >= 4 is 17.0 Å². The molecule has 24 heavy (non-hydrogen) atoms. The molecule has 1 aliphatic rings. The van der Waals surface area contributed by atoms with E-state index in [0.29, 0.717) is 23.6 Å². The fourth-order valence-corrected chi connectivity index (χ4v) is 3.50. The van der Waals surface area contributed by atoms with E-state index in [2.05, 4.69) is 21.9 Å². The van der Waals surface area contributed by atoms with E-state index in [1.165, 1.54) is 6.33 Å². The van der Waals surface area contributed by atoms with Crippen molar-refractivity contribution in [1.82, 2.24) is 19.5 Å². The Hall–Kier alpha value is -1.77. The summed E-state index contributed by atoms with van der Waals surface area (Å²) in [6.45, 7) is 2.67. The highest BCUT2D eigenvalue weighted by Crippen LogP contribution is 2.40. The summed E-state index contributed by atoms with van der Waals surface area (Å²) in [6, 6.07) is 0. The number of hydrogen-bond donors (Lipinski definition) is 1. The molecular weight excluding hydrogens is 310 g/mol. The van der Waals surface area contributed by atoms with Crippen LogP contribution in [-0.4, -0.2) is 52.6 Å². The lowest BCUT2D eigenvalue weighted by Crippen LogP contribution is -2.32. The Labute approximate surface area is 141 Å². The number of aromatic nitrogens is 4. The summed E-state index contributed by atoms with van der Waals surface area (Å²) in [4.78, 5) is 12.7. The number of methoxy groups -OCH3 is 2. The Kier molecular flexibility index (Phi) is 5.27. The third-order valence-corrected chi connectivity index (χ3v) is 4.62. The van der Waals surface area contributed by atoms with Gasteiger partial charge in [-0.1, -0.05) is 19.8 Å². The maximum Gasteiger partial charge on any atom is 0.167 e. The molecule has 2 N–H and O–H groups in total. The summed E-state index contributed by atoms with van der Waals surface area (Å²) in [5.41, 5.74) is 7.18. The van der Waals surface area contributed by atoms with Gasteiger partial charge in [-0.25, -0.2) is 15.0 Å². The Morgan fingerprint density at radius 2 is 2.12 bits per heavy atom. The molecule has 1 unspecified atom stereocenters. The fraction of sp³-hybridized carbons (Fsp3) is 0.688. The van der Waals surface area contributed by atoms with Crippen LogP contribution in [0.5, 0.6) is 0 Å². The van der Waals surface area contributed by atoms with Gasteiger partial charge in [-0.05, 0) is 6.42 Å². The first-order valence-corrected chi connectivity index (χ1v) is 8.31. The van der Waals surface area contributed by atoms with E-state index in [1.54, 1.807) is 20.5 Å². The van der Waals surface area contributed by atoms with Gasteiger partial charge in [-0.15, -0.1) is 0 Å². The molecule has 0 amide bonds. The minimum atomic E-state index is -0.207. The van der Waals surface area contributed by atoms with Gasteiger partial charge in [-0.2, -0.15) is 0 Å². The molecule has 2 aromatic rings. The number of unbranched alkanes of at least 4 members (excludes halogenated alkanes) is 1. The zero-order valence-corrected chi connectivity index (χ0v) is 14.4. The molecular formula is C16H25N5O3. The van der Waals surface area contributed by atoms with Gasteiger partial charge in [0.25, 0.3) is 0 Å². The van der Waals surface area contributed by atoms with Crippen LogP contribution in [0.2, 0.25) is 0 Å². The standard InChI is InChI=1S/C16H25N5O3/c1-4-5-6-10-13(23-3)11(7-22-2)24-16(10)21-9-20-12-14(17)18-8-19-15(12)21/h8-11,13,16H,4-7H2,1-3H3,(H2,17,18,19)/t10-,11+,13?,16+/m0/s1. The van der Waals surface area contributed by atoms with E-state index in [-0.39, 0.29) is 24.4 Å². The second-order valence-electron chi connectivity index (χ2n) is 6.11. The van der Waals surface area contributed by atoms with Crippen molar-refractivity contribution in [2.45, 2.75) is 44.6 Å². The first kappa shape index (κ1) is 17.1. The Balaban J connectivity index is 1.97. The number of ether oxygens (including phenoxy) is 3. The van der Waals surface area contributed by atoms with Gasteiger partial charge in [0.05, 0.1) is 19.0 Å². The summed E-state index contributed by atoms with van der Waals surface area (Å²) in [7, 11) is 3.40. The second-order valence-corrected chi connectivity index (χ2v) is 6.11. The van der Waals surface area contributed by atoms with Crippen LogP contribution in [0.4, 0.5) is 5.82 Å². The van der Waals surface area contributed by atoms with Gasteiger partial charge in [0.15, 0.2) is 11.5 Å². The number of imidazole rings is 1. The van der Waals surface area contributed by atoms with Crippen molar-refractivity contribution in [1.29, 1.82) is 0 Å². The van der Waals surface area contributed by atoms with Gasteiger partial charge in [0.2, 0.25) is 0 Å². The molecule has 4 atom stereocenters. The number of nitrogens with two attached hydrogens (primary N) is 1. The highest BCUT2D eigenvalue weighted by Gasteiger charge is 2.45. The van der Waals surface area contributed by atoms with Crippen LogP contribution < -0.4 is 5.73 Å².